The molecular weight excluding hydrogens is 258 g/mol. The Morgan fingerprint density at radius 1 is 1.05 bits per heavy atom. The van der Waals surface area contributed by atoms with Gasteiger partial charge in [-0.2, -0.15) is 0 Å². The summed E-state index contributed by atoms with van der Waals surface area (Å²) in [6, 6.07) is 17.4. The number of halogens is 1. The fourth-order valence-corrected chi connectivity index (χ4v) is 2.54. The van der Waals surface area contributed by atoms with Gasteiger partial charge in [0.1, 0.15) is 5.75 Å². The summed E-state index contributed by atoms with van der Waals surface area (Å²) >= 11 is 0. The van der Waals surface area contributed by atoms with Crippen molar-refractivity contribution >= 4 is 12.4 Å². The Hall–Kier alpha value is -1.51. The SMILES string of the molecule is COc1ccc2c(c1)CNC(c1ccccc1)C2.Cl. The molecule has 2 nitrogen and oxygen atoms in total. The van der Waals surface area contributed by atoms with Crippen LogP contribution in [0.5, 0.6) is 5.75 Å². The number of nitrogens with one attached hydrogen (secondary N) is 1. The second kappa shape index (κ2) is 6.09. The predicted molar refractivity (Wildman–Crippen MR) is 80.0 cm³/mol. The second-order valence-electron chi connectivity index (χ2n) is 4.68. The Labute approximate surface area is 120 Å². The molecule has 0 saturated carbocycles. The van der Waals surface area contributed by atoms with Gasteiger partial charge in [-0.15, -0.1) is 12.4 Å². The Kier molecular flexibility index (Phi) is 4.46. The summed E-state index contributed by atoms with van der Waals surface area (Å²) in [5, 5.41) is 3.59. The predicted octanol–water partition coefficient (Wildman–Crippen LogP) is 3.50. The third kappa shape index (κ3) is 2.91. The van der Waals surface area contributed by atoms with E-state index in [9.17, 15) is 0 Å². The first-order valence-corrected chi connectivity index (χ1v) is 6.31. The zero-order valence-corrected chi connectivity index (χ0v) is 11.7. The minimum Gasteiger partial charge on any atom is -0.497 e. The zero-order chi connectivity index (χ0) is 12.4. The van der Waals surface area contributed by atoms with Crippen LogP contribution < -0.4 is 10.1 Å². The van der Waals surface area contributed by atoms with E-state index in [0.29, 0.717) is 6.04 Å². The topological polar surface area (TPSA) is 21.3 Å². The van der Waals surface area contributed by atoms with Crippen molar-refractivity contribution in [3.05, 3.63) is 65.2 Å². The highest BCUT2D eigenvalue weighted by Crippen LogP contribution is 2.28. The first-order valence-electron chi connectivity index (χ1n) is 6.31. The van der Waals surface area contributed by atoms with Crippen molar-refractivity contribution in [3.63, 3.8) is 0 Å². The van der Waals surface area contributed by atoms with Crippen molar-refractivity contribution in [2.45, 2.75) is 19.0 Å². The Morgan fingerprint density at radius 2 is 1.84 bits per heavy atom. The monoisotopic (exact) mass is 275 g/mol. The molecule has 0 aliphatic carbocycles. The molecule has 0 amide bonds. The first kappa shape index (κ1) is 13.9. The summed E-state index contributed by atoms with van der Waals surface area (Å²) < 4.78 is 5.26. The molecular formula is C16H18ClNO. The lowest BCUT2D eigenvalue weighted by Gasteiger charge is -2.26. The fourth-order valence-electron chi connectivity index (χ4n) is 2.54. The van der Waals surface area contributed by atoms with E-state index in [1.165, 1.54) is 16.7 Å². The highest BCUT2D eigenvalue weighted by Gasteiger charge is 2.19. The van der Waals surface area contributed by atoms with E-state index in [4.69, 9.17) is 4.74 Å². The van der Waals surface area contributed by atoms with Gasteiger partial charge in [-0.25, -0.2) is 0 Å². The van der Waals surface area contributed by atoms with Crippen LogP contribution >= 0.6 is 12.4 Å². The summed E-state index contributed by atoms with van der Waals surface area (Å²) in [6.45, 7) is 0.909. The van der Waals surface area contributed by atoms with Gasteiger partial charge in [0, 0.05) is 12.6 Å². The highest BCUT2D eigenvalue weighted by molar-refractivity contribution is 5.85. The molecule has 1 heterocycles. The summed E-state index contributed by atoms with van der Waals surface area (Å²) in [7, 11) is 1.71. The van der Waals surface area contributed by atoms with Gasteiger partial charge in [-0.1, -0.05) is 36.4 Å². The first-order chi connectivity index (χ1) is 8.86. The quantitative estimate of drug-likeness (QED) is 0.906. The molecule has 1 N–H and O–H groups in total. The molecule has 1 atom stereocenters. The third-order valence-electron chi connectivity index (χ3n) is 3.58. The molecule has 1 aliphatic heterocycles. The largest absolute Gasteiger partial charge is 0.497 e. The van der Waals surface area contributed by atoms with Gasteiger partial charge < -0.3 is 10.1 Å². The van der Waals surface area contributed by atoms with Crippen LogP contribution in [0.25, 0.3) is 0 Å². The van der Waals surface area contributed by atoms with Crippen LogP contribution in [0.3, 0.4) is 0 Å². The van der Waals surface area contributed by atoms with E-state index in [1.54, 1.807) is 7.11 Å². The van der Waals surface area contributed by atoms with Gasteiger partial charge in [-0.05, 0) is 35.2 Å². The van der Waals surface area contributed by atoms with E-state index < -0.39 is 0 Å². The lowest BCUT2D eigenvalue weighted by Crippen LogP contribution is -2.28. The van der Waals surface area contributed by atoms with Gasteiger partial charge in [-0.3, -0.25) is 0 Å². The van der Waals surface area contributed by atoms with Crippen LogP contribution in [0.2, 0.25) is 0 Å². The molecule has 1 aliphatic rings. The van der Waals surface area contributed by atoms with Crippen LogP contribution in [0.4, 0.5) is 0 Å². The normalized spacial score (nSPS) is 17.2. The Balaban J connectivity index is 0.00000133. The molecule has 2 aromatic carbocycles. The zero-order valence-electron chi connectivity index (χ0n) is 10.9. The molecule has 0 saturated heterocycles. The van der Waals surface area contributed by atoms with Crippen molar-refractivity contribution in [1.82, 2.24) is 5.32 Å². The average Bonchev–Trinajstić information content (AvgIpc) is 2.47. The van der Waals surface area contributed by atoms with E-state index >= 15 is 0 Å². The summed E-state index contributed by atoms with van der Waals surface area (Å²) in [6.07, 6.45) is 1.04. The average molecular weight is 276 g/mol. The molecule has 3 rings (SSSR count). The molecule has 0 fully saturated rings. The summed E-state index contributed by atoms with van der Waals surface area (Å²) in [4.78, 5) is 0. The number of fused-ring (bicyclic) bond motifs is 1. The standard InChI is InChI=1S/C16H17NO.ClH/c1-18-15-8-7-13-10-16(17-11-14(13)9-15)12-5-3-2-4-6-12;/h2-9,16-17H,10-11H2,1H3;1H. The number of hydrogen-bond acceptors (Lipinski definition) is 2. The molecule has 0 radical (unpaired) electrons. The minimum absolute atomic E-state index is 0. The van der Waals surface area contributed by atoms with Crippen LogP contribution in [-0.2, 0) is 13.0 Å². The smallest absolute Gasteiger partial charge is 0.119 e. The summed E-state index contributed by atoms with van der Waals surface area (Å²) in [5.41, 5.74) is 4.13. The van der Waals surface area contributed by atoms with E-state index in [1.807, 2.05) is 6.07 Å². The van der Waals surface area contributed by atoms with E-state index in [-0.39, 0.29) is 12.4 Å². The Bertz CT molecular complexity index is 542. The number of benzene rings is 2. The summed E-state index contributed by atoms with van der Waals surface area (Å²) in [5.74, 6) is 0.939. The highest BCUT2D eigenvalue weighted by atomic mass is 35.5. The maximum Gasteiger partial charge on any atom is 0.119 e. The van der Waals surface area contributed by atoms with E-state index in [0.717, 1.165) is 18.7 Å². The second-order valence-corrected chi connectivity index (χ2v) is 4.68. The van der Waals surface area contributed by atoms with Crippen molar-refractivity contribution in [2.24, 2.45) is 0 Å². The number of ether oxygens (including phenoxy) is 1. The molecule has 2 aromatic rings. The molecule has 1 unspecified atom stereocenters. The molecule has 0 aromatic heterocycles. The maximum absolute atomic E-state index is 5.26. The fraction of sp³-hybridized carbons (Fsp3) is 0.250. The maximum atomic E-state index is 5.26. The number of methoxy groups -OCH3 is 1. The van der Waals surface area contributed by atoms with Gasteiger partial charge in [0.2, 0.25) is 0 Å². The molecule has 0 spiro atoms. The number of rotatable bonds is 2. The Morgan fingerprint density at radius 3 is 2.58 bits per heavy atom. The van der Waals surface area contributed by atoms with Gasteiger partial charge in [0.15, 0.2) is 0 Å². The van der Waals surface area contributed by atoms with Crippen molar-refractivity contribution < 1.29 is 4.74 Å². The van der Waals surface area contributed by atoms with Crippen LogP contribution in [-0.4, -0.2) is 7.11 Å². The minimum atomic E-state index is 0. The van der Waals surface area contributed by atoms with Gasteiger partial charge in [0.05, 0.1) is 7.11 Å². The lowest BCUT2D eigenvalue weighted by molar-refractivity contribution is 0.412. The van der Waals surface area contributed by atoms with E-state index in [2.05, 4.69) is 47.8 Å². The molecule has 3 heteroatoms. The van der Waals surface area contributed by atoms with Gasteiger partial charge >= 0.3 is 0 Å². The lowest BCUT2D eigenvalue weighted by atomic mass is 9.91. The van der Waals surface area contributed by atoms with Crippen molar-refractivity contribution in [1.29, 1.82) is 0 Å². The van der Waals surface area contributed by atoms with Gasteiger partial charge in [0.25, 0.3) is 0 Å². The van der Waals surface area contributed by atoms with Crippen LogP contribution in [0, 0.1) is 0 Å². The third-order valence-corrected chi connectivity index (χ3v) is 3.58. The molecule has 0 bridgehead atoms. The van der Waals surface area contributed by atoms with Crippen LogP contribution in [0.15, 0.2) is 48.5 Å². The van der Waals surface area contributed by atoms with Crippen LogP contribution in [0.1, 0.15) is 22.7 Å². The molecule has 100 valence electrons. The van der Waals surface area contributed by atoms with Crippen molar-refractivity contribution in [3.8, 4) is 5.75 Å². The number of hydrogen-bond donors (Lipinski definition) is 1. The van der Waals surface area contributed by atoms with Crippen molar-refractivity contribution in [2.75, 3.05) is 7.11 Å². The molecule has 19 heavy (non-hydrogen) atoms.